The highest BCUT2D eigenvalue weighted by molar-refractivity contribution is 6.03. The zero-order valence-electron chi connectivity index (χ0n) is 28.4. The van der Waals surface area contributed by atoms with E-state index in [1.807, 2.05) is 0 Å². The minimum Gasteiger partial charge on any atom is -0.508 e. The molecule has 2 aliphatic heterocycles. The number of amides is 1. The number of phenols is 1. The number of halogens is 4. The van der Waals surface area contributed by atoms with Gasteiger partial charge in [-0.3, -0.25) is 9.78 Å². The Labute approximate surface area is 301 Å². The highest BCUT2D eigenvalue weighted by Gasteiger charge is 2.29. The first kappa shape index (κ1) is 35.5. The van der Waals surface area contributed by atoms with Crippen LogP contribution in [0.25, 0.3) is 39.0 Å². The van der Waals surface area contributed by atoms with Crippen molar-refractivity contribution in [3.63, 3.8) is 0 Å². The number of alkyl halides is 1. The predicted octanol–water partition coefficient (Wildman–Crippen LogP) is 5.37. The summed E-state index contributed by atoms with van der Waals surface area (Å²) >= 11 is 0. The van der Waals surface area contributed by atoms with Gasteiger partial charge in [-0.05, 0) is 61.4 Å². The van der Waals surface area contributed by atoms with Gasteiger partial charge in [0.05, 0.1) is 17.6 Å². The van der Waals surface area contributed by atoms with Crippen LogP contribution in [0.2, 0.25) is 0 Å². The summed E-state index contributed by atoms with van der Waals surface area (Å²) in [4.78, 5) is 37.4. The number of piperazine rings is 1. The maximum Gasteiger partial charge on any atom is 0.319 e. The number of anilines is 1. The molecule has 0 saturated carbocycles. The van der Waals surface area contributed by atoms with Gasteiger partial charge >= 0.3 is 6.01 Å². The molecule has 0 radical (unpaired) electrons. The fraction of sp³-hybridized carbons (Fsp3) is 0.316. The van der Waals surface area contributed by atoms with Crippen LogP contribution in [0.1, 0.15) is 30.7 Å². The molecule has 15 heteroatoms. The van der Waals surface area contributed by atoms with Crippen LogP contribution in [-0.4, -0.2) is 92.9 Å². The summed E-state index contributed by atoms with van der Waals surface area (Å²) in [5.41, 5.74) is -0.494. The first-order chi connectivity index (χ1) is 25.7. The molecular formula is C38H34F4N8O3. The van der Waals surface area contributed by atoms with Crippen molar-refractivity contribution in [1.82, 2.24) is 35.1 Å². The van der Waals surface area contributed by atoms with Crippen LogP contribution in [0.15, 0.2) is 54.7 Å². The van der Waals surface area contributed by atoms with Gasteiger partial charge in [-0.1, -0.05) is 12.0 Å². The summed E-state index contributed by atoms with van der Waals surface area (Å²) in [6.45, 7) is 1.61. The van der Waals surface area contributed by atoms with E-state index in [0.29, 0.717) is 18.4 Å². The van der Waals surface area contributed by atoms with Crippen LogP contribution in [-0.2, 0) is 4.79 Å². The van der Waals surface area contributed by atoms with E-state index in [1.54, 1.807) is 11.0 Å². The number of phenolic OH excluding ortho intramolecular Hbond substituents is 1. The molecule has 11 nitrogen and oxygen atoms in total. The second-order valence-electron chi connectivity index (χ2n) is 12.9. The maximum atomic E-state index is 16.8. The quantitative estimate of drug-likeness (QED) is 0.128. The van der Waals surface area contributed by atoms with Crippen molar-refractivity contribution in [3.8, 4) is 35.4 Å². The van der Waals surface area contributed by atoms with E-state index < -0.39 is 29.5 Å². The molecule has 2 saturated heterocycles. The molecule has 0 aliphatic carbocycles. The number of rotatable bonds is 7. The molecule has 5 heterocycles. The minimum atomic E-state index is -1.06. The minimum absolute atomic E-state index is 0.0507. The Hall–Kier alpha value is -5.88. The molecule has 2 aromatic carbocycles. The van der Waals surface area contributed by atoms with Crippen molar-refractivity contribution in [2.45, 2.75) is 25.4 Å². The Kier molecular flexibility index (Phi) is 10.3. The van der Waals surface area contributed by atoms with E-state index in [0.717, 1.165) is 12.5 Å². The van der Waals surface area contributed by atoms with Crippen LogP contribution >= 0.6 is 0 Å². The Morgan fingerprint density at radius 3 is 2.68 bits per heavy atom. The van der Waals surface area contributed by atoms with Crippen LogP contribution in [0.3, 0.4) is 0 Å². The van der Waals surface area contributed by atoms with E-state index in [4.69, 9.17) is 11.2 Å². The summed E-state index contributed by atoms with van der Waals surface area (Å²) < 4.78 is 67.2. The zero-order valence-corrected chi connectivity index (χ0v) is 28.4. The number of carbonyl (C=O) groups is 1. The largest absolute Gasteiger partial charge is 0.508 e. The van der Waals surface area contributed by atoms with Gasteiger partial charge < -0.3 is 25.0 Å². The van der Waals surface area contributed by atoms with Gasteiger partial charge in [0.2, 0.25) is 0 Å². The summed E-state index contributed by atoms with van der Waals surface area (Å²) in [6, 6.07) is 6.65. The number of aromatic hydroxyl groups is 1. The lowest BCUT2D eigenvalue weighted by molar-refractivity contribution is -0.128. The fourth-order valence-electron chi connectivity index (χ4n) is 6.78. The van der Waals surface area contributed by atoms with E-state index >= 15 is 4.39 Å². The molecule has 1 amide bonds. The Morgan fingerprint density at radius 2 is 1.91 bits per heavy atom. The van der Waals surface area contributed by atoms with Crippen molar-refractivity contribution in [3.05, 3.63) is 77.8 Å². The number of nitrogens with zero attached hydrogens (tertiary/aromatic N) is 7. The topological polar surface area (TPSA) is 129 Å². The molecular weight excluding hydrogens is 692 g/mol. The number of hydrogen-bond donors (Lipinski definition) is 2. The zero-order chi connectivity index (χ0) is 37.1. The fourth-order valence-corrected chi connectivity index (χ4v) is 6.78. The van der Waals surface area contributed by atoms with Crippen LogP contribution < -0.4 is 15.0 Å². The number of fused-ring (bicyclic) bond motifs is 2. The maximum absolute atomic E-state index is 16.8. The second kappa shape index (κ2) is 15.4. The van der Waals surface area contributed by atoms with Crippen LogP contribution in [0, 0.1) is 29.9 Å². The number of benzene rings is 2. The van der Waals surface area contributed by atoms with Crippen LogP contribution in [0.4, 0.5) is 23.4 Å². The van der Waals surface area contributed by atoms with E-state index in [-0.39, 0.29) is 108 Å². The summed E-state index contributed by atoms with van der Waals surface area (Å²) in [5.74, 6) is -1.16. The highest BCUT2D eigenvalue weighted by Crippen LogP contribution is 2.39. The van der Waals surface area contributed by atoms with Gasteiger partial charge in [0.1, 0.15) is 34.8 Å². The molecule has 2 aliphatic rings. The number of ether oxygens (including phenoxy) is 1. The van der Waals surface area contributed by atoms with Gasteiger partial charge in [0.25, 0.3) is 5.91 Å². The first-order valence-electron chi connectivity index (χ1n) is 17.1. The van der Waals surface area contributed by atoms with E-state index in [9.17, 15) is 23.1 Å². The van der Waals surface area contributed by atoms with E-state index in [2.05, 4.69) is 36.2 Å². The lowest BCUT2D eigenvalue weighted by Gasteiger charge is -2.35. The van der Waals surface area contributed by atoms with Crippen molar-refractivity contribution >= 4 is 39.5 Å². The Balaban J connectivity index is 1.25. The summed E-state index contributed by atoms with van der Waals surface area (Å²) in [5, 5.41) is 14.4. The third kappa shape index (κ3) is 7.54. The molecule has 5 aromatic rings. The smallest absolute Gasteiger partial charge is 0.319 e. The molecule has 2 fully saturated rings. The Bertz CT molecular complexity index is 2240. The lowest BCUT2D eigenvalue weighted by atomic mass is 9.96. The predicted molar refractivity (Wildman–Crippen MR) is 190 cm³/mol. The van der Waals surface area contributed by atoms with Crippen molar-refractivity contribution in [2.75, 3.05) is 50.8 Å². The number of pyridine rings is 1. The molecule has 2 N–H and O–H groups in total. The average Bonchev–Trinajstić information content (AvgIpc) is 3.15. The van der Waals surface area contributed by atoms with Gasteiger partial charge in [-0.15, -0.1) is 6.42 Å². The first-order valence-corrected chi connectivity index (χ1v) is 17.1. The average molecular weight is 727 g/mol. The van der Waals surface area contributed by atoms with Gasteiger partial charge in [-0.2, -0.15) is 9.97 Å². The lowest BCUT2D eigenvalue weighted by Crippen LogP contribution is -2.49. The number of aromatic nitrogens is 5. The number of terminal acetylenes is 1. The monoisotopic (exact) mass is 726 g/mol. The Morgan fingerprint density at radius 1 is 1.11 bits per heavy atom. The van der Waals surface area contributed by atoms with Gasteiger partial charge in [-0.25, -0.2) is 27.5 Å². The van der Waals surface area contributed by atoms with Crippen molar-refractivity contribution < 1.29 is 32.2 Å². The SMILES string of the molecule is C#Cc1c(F)ccc2cc(O)cc(-c3ncc4c(N5CCN(C(=O)/C(F)=C/c6ncccn6)CC5)nc(OC[C@@H]5CCCNC[C@H](F)C5)nc4c3F)c12. The normalized spacial score (nSPS) is 18.4. The van der Waals surface area contributed by atoms with Crippen molar-refractivity contribution in [2.24, 2.45) is 5.92 Å². The molecule has 0 unspecified atom stereocenters. The molecule has 3 aromatic heterocycles. The number of carbonyl (C=O) groups excluding carboxylic acids is 1. The third-order valence-corrected chi connectivity index (χ3v) is 9.38. The molecule has 272 valence electrons. The molecule has 0 spiro atoms. The van der Waals surface area contributed by atoms with Crippen molar-refractivity contribution in [1.29, 1.82) is 0 Å². The third-order valence-electron chi connectivity index (χ3n) is 9.38. The van der Waals surface area contributed by atoms with Crippen LogP contribution in [0.5, 0.6) is 11.8 Å². The molecule has 0 bridgehead atoms. The number of hydrogen-bond acceptors (Lipinski definition) is 10. The van der Waals surface area contributed by atoms with Gasteiger partial charge in [0.15, 0.2) is 17.5 Å². The molecule has 53 heavy (non-hydrogen) atoms. The van der Waals surface area contributed by atoms with E-state index in [1.165, 1.54) is 47.8 Å². The highest BCUT2D eigenvalue weighted by atomic mass is 19.1. The second-order valence-corrected chi connectivity index (χ2v) is 12.9. The molecule has 2 atom stereocenters. The summed E-state index contributed by atoms with van der Waals surface area (Å²) in [6.07, 6.45) is 11.6. The summed E-state index contributed by atoms with van der Waals surface area (Å²) in [7, 11) is 0. The molecule has 7 rings (SSSR count). The standard InChI is InChI=1S/C38H34F4N8O3/c1-2-26-29(40)7-6-23-16-25(51)17-27(32(23)26)34-33(42)35-28(20-46-34)36(48-38(47-35)53-21-22-5-3-8-43-19-24(39)15-22)49-11-13-50(14-12-49)37(52)30(41)18-31-44-9-4-10-45-31/h1,4,6-7,9-10,16-18,20,22,24,43,51H,3,5,8,11-15,19,21H2/b30-18-/t22-,24-/m1/s1. The van der Waals surface area contributed by atoms with Gasteiger partial charge in [0, 0.05) is 68.3 Å². The number of nitrogens with one attached hydrogen (secondary N) is 1.